The van der Waals surface area contributed by atoms with E-state index in [1.54, 1.807) is 0 Å². The summed E-state index contributed by atoms with van der Waals surface area (Å²) in [7, 11) is 0. The van der Waals surface area contributed by atoms with E-state index in [-0.39, 0.29) is 18.0 Å². The average Bonchev–Trinajstić information content (AvgIpc) is 3.30. The van der Waals surface area contributed by atoms with E-state index in [0.29, 0.717) is 12.5 Å². The number of nitrogens with two attached hydrogens (primary N) is 1. The Labute approximate surface area is 130 Å². The second kappa shape index (κ2) is 7.26. The van der Waals surface area contributed by atoms with Gasteiger partial charge >= 0.3 is 6.03 Å². The third kappa shape index (κ3) is 4.73. The molecule has 1 aromatic rings. The fourth-order valence-electron chi connectivity index (χ4n) is 2.02. The number of amides is 3. The van der Waals surface area contributed by atoms with Crippen molar-refractivity contribution in [1.29, 1.82) is 0 Å². The predicted octanol–water partition coefficient (Wildman–Crippen LogP) is 1.88. The monoisotopic (exact) mass is 304 g/mol. The van der Waals surface area contributed by atoms with Gasteiger partial charge in [-0.2, -0.15) is 0 Å². The summed E-state index contributed by atoms with van der Waals surface area (Å²) in [5, 5.41) is 8.53. The molecule has 0 heterocycles. The lowest BCUT2D eigenvalue weighted by Crippen LogP contribution is -2.41. The lowest BCUT2D eigenvalue weighted by molar-refractivity contribution is -0.123. The van der Waals surface area contributed by atoms with E-state index in [1.807, 2.05) is 38.1 Å². The minimum atomic E-state index is -0.477. The number of carbonyl (C=O) groups is 2. The molecule has 0 saturated heterocycles. The Kier molecular flexibility index (Phi) is 5.38. The number of hydrogen-bond acceptors (Lipinski definition) is 3. The molecular weight excluding hydrogens is 280 g/mol. The van der Waals surface area contributed by atoms with Gasteiger partial charge in [0, 0.05) is 11.7 Å². The zero-order valence-electron chi connectivity index (χ0n) is 13.1. The van der Waals surface area contributed by atoms with Crippen molar-refractivity contribution in [1.82, 2.24) is 10.6 Å². The molecule has 1 aromatic carbocycles. The Hall–Kier alpha value is -2.08. The maximum atomic E-state index is 11.8. The highest BCUT2D eigenvalue weighted by Gasteiger charge is 2.23. The SMILES string of the molecule is CC[C@H](N)C(=O)NC(C)c1ccc(NC(=O)NC2CC2)cc1. The van der Waals surface area contributed by atoms with Gasteiger partial charge in [0.05, 0.1) is 12.1 Å². The molecule has 0 radical (unpaired) electrons. The molecule has 1 unspecified atom stereocenters. The van der Waals surface area contributed by atoms with Gasteiger partial charge in [0.15, 0.2) is 0 Å². The molecule has 0 aliphatic heterocycles. The number of benzene rings is 1. The molecule has 0 aromatic heterocycles. The number of urea groups is 1. The highest BCUT2D eigenvalue weighted by Crippen LogP contribution is 2.19. The summed E-state index contributed by atoms with van der Waals surface area (Å²) in [4.78, 5) is 23.4. The van der Waals surface area contributed by atoms with Crippen LogP contribution >= 0.6 is 0 Å². The molecule has 5 N–H and O–H groups in total. The van der Waals surface area contributed by atoms with Crippen molar-refractivity contribution < 1.29 is 9.59 Å². The van der Waals surface area contributed by atoms with E-state index in [0.717, 1.165) is 24.1 Å². The molecular formula is C16H24N4O2. The van der Waals surface area contributed by atoms with Gasteiger partial charge in [-0.3, -0.25) is 4.79 Å². The van der Waals surface area contributed by atoms with Crippen molar-refractivity contribution in [2.45, 2.75) is 51.2 Å². The third-order valence-corrected chi connectivity index (χ3v) is 3.72. The highest BCUT2D eigenvalue weighted by molar-refractivity contribution is 5.89. The van der Waals surface area contributed by atoms with Crippen LogP contribution < -0.4 is 21.7 Å². The zero-order chi connectivity index (χ0) is 16.1. The van der Waals surface area contributed by atoms with Crippen LogP contribution in [0.25, 0.3) is 0 Å². The van der Waals surface area contributed by atoms with E-state index in [9.17, 15) is 9.59 Å². The van der Waals surface area contributed by atoms with Crippen LogP contribution in [0.3, 0.4) is 0 Å². The van der Waals surface area contributed by atoms with Crippen LogP contribution in [0.15, 0.2) is 24.3 Å². The first kappa shape index (κ1) is 16.3. The van der Waals surface area contributed by atoms with Crippen molar-refractivity contribution in [3.8, 4) is 0 Å². The molecule has 3 amide bonds. The normalized spacial score (nSPS) is 16.5. The molecule has 0 bridgehead atoms. The number of anilines is 1. The van der Waals surface area contributed by atoms with Gasteiger partial charge in [0.2, 0.25) is 5.91 Å². The standard InChI is InChI=1S/C16H24N4O2/c1-3-14(17)15(21)18-10(2)11-4-6-12(7-5-11)19-16(22)20-13-8-9-13/h4-7,10,13-14H,3,8-9,17H2,1-2H3,(H,18,21)(H2,19,20,22)/t10?,14-/m0/s1. The Bertz CT molecular complexity index is 525. The molecule has 0 spiro atoms. The minimum Gasteiger partial charge on any atom is -0.348 e. The van der Waals surface area contributed by atoms with Crippen molar-refractivity contribution >= 4 is 17.6 Å². The quantitative estimate of drug-likeness (QED) is 0.646. The van der Waals surface area contributed by atoms with Crippen molar-refractivity contribution in [2.75, 3.05) is 5.32 Å². The van der Waals surface area contributed by atoms with E-state index in [4.69, 9.17) is 5.73 Å². The number of rotatable bonds is 6. The first-order chi connectivity index (χ1) is 10.5. The van der Waals surface area contributed by atoms with Gasteiger partial charge in [-0.25, -0.2) is 4.79 Å². The van der Waals surface area contributed by atoms with E-state index in [1.165, 1.54) is 0 Å². The molecule has 2 rings (SSSR count). The summed E-state index contributed by atoms with van der Waals surface area (Å²) < 4.78 is 0. The van der Waals surface area contributed by atoms with Gasteiger partial charge in [0.1, 0.15) is 0 Å². The van der Waals surface area contributed by atoms with E-state index >= 15 is 0 Å². The Balaban J connectivity index is 1.87. The molecule has 22 heavy (non-hydrogen) atoms. The summed E-state index contributed by atoms with van der Waals surface area (Å²) in [5.41, 5.74) is 7.39. The highest BCUT2D eigenvalue weighted by atomic mass is 16.2. The second-order valence-electron chi connectivity index (χ2n) is 5.74. The Morgan fingerprint density at radius 2 is 1.91 bits per heavy atom. The summed E-state index contributed by atoms with van der Waals surface area (Å²) in [6.07, 6.45) is 2.73. The molecule has 1 aliphatic carbocycles. The van der Waals surface area contributed by atoms with Crippen molar-refractivity contribution in [2.24, 2.45) is 5.73 Å². The molecule has 1 saturated carbocycles. The summed E-state index contributed by atoms with van der Waals surface area (Å²) in [6.45, 7) is 3.78. The number of nitrogens with one attached hydrogen (secondary N) is 3. The topological polar surface area (TPSA) is 96.2 Å². The van der Waals surface area contributed by atoms with Gasteiger partial charge < -0.3 is 21.7 Å². The lowest BCUT2D eigenvalue weighted by atomic mass is 10.1. The number of carbonyl (C=O) groups excluding carboxylic acids is 2. The van der Waals surface area contributed by atoms with Crippen LogP contribution in [0.5, 0.6) is 0 Å². The zero-order valence-corrected chi connectivity index (χ0v) is 13.1. The minimum absolute atomic E-state index is 0.126. The van der Waals surface area contributed by atoms with Crippen LogP contribution in [0.2, 0.25) is 0 Å². The molecule has 1 aliphatic rings. The molecule has 1 fully saturated rings. The van der Waals surface area contributed by atoms with Crippen molar-refractivity contribution in [3.05, 3.63) is 29.8 Å². The molecule has 6 nitrogen and oxygen atoms in total. The van der Waals surface area contributed by atoms with Crippen LogP contribution in [0, 0.1) is 0 Å². The Morgan fingerprint density at radius 1 is 1.27 bits per heavy atom. The van der Waals surface area contributed by atoms with Gasteiger partial charge in [0.25, 0.3) is 0 Å². The lowest BCUT2D eigenvalue weighted by Gasteiger charge is -2.17. The van der Waals surface area contributed by atoms with Crippen LogP contribution in [-0.2, 0) is 4.79 Å². The fraction of sp³-hybridized carbons (Fsp3) is 0.500. The Morgan fingerprint density at radius 3 is 2.45 bits per heavy atom. The summed E-state index contributed by atoms with van der Waals surface area (Å²) in [5.74, 6) is -0.152. The molecule has 6 heteroatoms. The molecule has 120 valence electrons. The maximum absolute atomic E-state index is 11.8. The molecule has 2 atom stereocenters. The average molecular weight is 304 g/mol. The third-order valence-electron chi connectivity index (χ3n) is 3.72. The predicted molar refractivity (Wildman–Crippen MR) is 86.4 cm³/mol. The smallest absolute Gasteiger partial charge is 0.319 e. The maximum Gasteiger partial charge on any atom is 0.319 e. The van der Waals surface area contributed by atoms with E-state index < -0.39 is 6.04 Å². The second-order valence-corrected chi connectivity index (χ2v) is 5.74. The first-order valence-electron chi connectivity index (χ1n) is 7.73. The van der Waals surface area contributed by atoms with Gasteiger partial charge in [-0.05, 0) is 43.9 Å². The first-order valence-corrected chi connectivity index (χ1v) is 7.73. The van der Waals surface area contributed by atoms with Crippen LogP contribution in [0.4, 0.5) is 10.5 Å². The van der Waals surface area contributed by atoms with Crippen molar-refractivity contribution in [3.63, 3.8) is 0 Å². The summed E-state index contributed by atoms with van der Waals surface area (Å²) >= 11 is 0. The van der Waals surface area contributed by atoms with Gasteiger partial charge in [-0.1, -0.05) is 19.1 Å². The van der Waals surface area contributed by atoms with Gasteiger partial charge in [-0.15, -0.1) is 0 Å². The number of hydrogen-bond donors (Lipinski definition) is 4. The summed E-state index contributed by atoms with van der Waals surface area (Å²) in [6, 6.07) is 6.97. The van der Waals surface area contributed by atoms with Crippen LogP contribution in [-0.4, -0.2) is 24.0 Å². The largest absolute Gasteiger partial charge is 0.348 e. The fourth-order valence-corrected chi connectivity index (χ4v) is 2.02. The van der Waals surface area contributed by atoms with E-state index in [2.05, 4.69) is 16.0 Å². The van der Waals surface area contributed by atoms with Crippen LogP contribution in [0.1, 0.15) is 44.7 Å².